The van der Waals surface area contributed by atoms with Gasteiger partial charge < -0.3 is 13.6 Å². The third kappa shape index (κ3) is 4.15. The normalized spacial score (nSPS) is 11.9. The summed E-state index contributed by atoms with van der Waals surface area (Å²) < 4.78 is 11.5. The Kier molecular flexibility index (Phi) is 5.89. The molecule has 4 heterocycles. The molecule has 0 unspecified atom stereocenters. The summed E-state index contributed by atoms with van der Waals surface area (Å²) in [6.07, 6.45) is 0. The molecule has 0 atom stereocenters. The van der Waals surface area contributed by atoms with E-state index in [-0.39, 0.29) is 0 Å². The number of furan rings is 1. The van der Waals surface area contributed by atoms with E-state index >= 15 is 0 Å². The van der Waals surface area contributed by atoms with Crippen LogP contribution in [0, 0.1) is 0 Å². The molecule has 11 rings (SSSR count). The summed E-state index contributed by atoms with van der Waals surface area (Å²) >= 11 is 0. The van der Waals surface area contributed by atoms with Gasteiger partial charge in [-0.05, 0) is 54.6 Å². The van der Waals surface area contributed by atoms with Crippen molar-refractivity contribution in [3.05, 3.63) is 170 Å². The molecule has 0 saturated heterocycles. The first kappa shape index (κ1) is 27.9. The van der Waals surface area contributed by atoms with E-state index in [1.54, 1.807) is 0 Å². The summed E-state index contributed by atoms with van der Waals surface area (Å²) in [5.74, 6) is 0.672. The minimum atomic E-state index is 0.672. The van der Waals surface area contributed by atoms with Crippen molar-refractivity contribution in [1.82, 2.24) is 19.1 Å². The molecule has 5 heteroatoms. The van der Waals surface area contributed by atoms with Crippen LogP contribution in [0.3, 0.4) is 0 Å². The maximum atomic E-state index is 6.71. The van der Waals surface area contributed by atoms with Crippen LogP contribution in [0.4, 0.5) is 0 Å². The summed E-state index contributed by atoms with van der Waals surface area (Å²) in [4.78, 5) is 10.2. The van der Waals surface area contributed by atoms with Crippen LogP contribution in [-0.4, -0.2) is 19.1 Å². The van der Waals surface area contributed by atoms with Gasteiger partial charge in [-0.1, -0.05) is 115 Å². The Morgan fingerprint density at radius 2 is 0.961 bits per heavy atom. The van der Waals surface area contributed by atoms with Gasteiger partial charge in [0.15, 0.2) is 11.4 Å². The number of rotatable bonds is 4. The molecule has 11 aromatic rings. The van der Waals surface area contributed by atoms with Gasteiger partial charge in [0.1, 0.15) is 16.8 Å². The lowest BCUT2D eigenvalue weighted by molar-refractivity contribution is 0.668. The van der Waals surface area contributed by atoms with Crippen molar-refractivity contribution in [2.75, 3.05) is 0 Å². The molecule has 0 aliphatic carbocycles. The Bertz CT molecular complexity index is 3120. The third-order valence-corrected chi connectivity index (χ3v) is 10.1. The quantitative estimate of drug-likeness (QED) is 0.190. The van der Waals surface area contributed by atoms with E-state index in [1.165, 1.54) is 27.2 Å². The second-order valence-electron chi connectivity index (χ2n) is 13.0. The molecule has 0 aliphatic heterocycles. The largest absolute Gasteiger partial charge is 0.452 e. The van der Waals surface area contributed by atoms with Crippen LogP contribution in [0.1, 0.15) is 0 Å². The predicted octanol–water partition coefficient (Wildman–Crippen LogP) is 11.9. The minimum Gasteiger partial charge on any atom is -0.452 e. The van der Waals surface area contributed by atoms with Crippen LogP contribution in [0.2, 0.25) is 0 Å². The molecule has 238 valence electrons. The zero-order valence-corrected chi connectivity index (χ0v) is 27.4. The summed E-state index contributed by atoms with van der Waals surface area (Å²) in [5.41, 5.74) is 11.9. The number of hydrogen-bond acceptors (Lipinski definition) is 3. The van der Waals surface area contributed by atoms with E-state index < -0.39 is 0 Å². The Morgan fingerprint density at radius 1 is 0.392 bits per heavy atom. The number of hydrogen-bond donors (Lipinski definition) is 0. The second-order valence-corrected chi connectivity index (χ2v) is 13.0. The summed E-state index contributed by atoms with van der Waals surface area (Å²) in [6, 6.07) is 59.6. The summed E-state index contributed by atoms with van der Waals surface area (Å²) in [5, 5.41) is 5.68. The highest BCUT2D eigenvalue weighted by Crippen LogP contribution is 2.41. The number of para-hydroxylation sites is 3. The molecule has 51 heavy (non-hydrogen) atoms. The zero-order chi connectivity index (χ0) is 33.5. The Labute approximate surface area is 292 Å². The van der Waals surface area contributed by atoms with E-state index in [4.69, 9.17) is 14.4 Å². The van der Waals surface area contributed by atoms with Gasteiger partial charge in [-0.15, -0.1) is 0 Å². The molecule has 0 amide bonds. The van der Waals surface area contributed by atoms with Crippen molar-refractivity contribution in [1.29, 1.82) is 0 Å². The monoisotopic (exact) mass is 652 g/mol. The standard InChI is InChI=1S/C46H28N4O/c1-4-14-29(15-5-1)43-45-44(48-46(47-43)30-16-6-2-7-17-30)37-27-41-36(28-42(37)51-45)34-21-11-13-23-39(34)50(41)32-24-25-40-35(26-32)33-20-10-12-22-38(33)49(40)31-18-8-3-9-19-31/h1-28H. The predicted molar refractivity (Wildman–Crippen MR) is 209 cm³/mol. The van der Waals surface area contributed by atoms with E-state index in [0.29, 0.717) is 11.4 Å². The van der Waals surface area contributed by atoms with E-state index in [0.717, 1.165) is 61.1 Å². The van der Waals surface area contributed by atoms with Gasteiger partial charge in [0.2, 0.25) is 0 Å². The van der Waals surface area contributed by atoms with Crippen LogP contribution < -0.4 is 0 Å². The summed E-state index contributed by atoms with van der Waals surface area (Å²) in [7, 11) is 0. The van der Waals surface area contributed by atoms with Crippen LogP contribution in [0.15, 0.2) is 174 Å². The van der Waals surface area contributed by atoms with Gasteiger partial charge in [-0.3, -0.25) is 0 Å². The van der Waals surface area contributed by atoms with Gasteiger partial charge >= 0.3 is 0 Å². The van der Waals surface area contributed by atoms with Crippen molar-refractivity contribution < 1.29 is 4.42 Å². The average molecular weight is 653 g/mol. The fourth-order valence-electron chi connectivity index (χ4n) is 7.85. The highest BCUT2D eigenvalue weighted by Gasteiger charge is 2.22. The minimum absolute atomic E-state index is 0.672. The van der Waals surface area contributed by atoms with Crippen molar-refractivity contribution >= 4 is 65.7 Å². The van der Waals surface area contributed by atoms with Crippen LogP contribution in [-0.2, 0) is 0 Å². The van der Waals surface area contributed by atoms with Gasteiger partial charge in [0, 0.05) is 49.4 Å². The lowest BCUT2D eigenvalue weighted by atomic mass is 10.1. The first-order valence-electron chi connectivity index (χ1n) is 17.2. The van der Waals surface area contributed by atoms with Crippen molar-refractivity contribution in [2.45, 2.75) is 0 Å². The molecule has 4 aromatic heterocycles. The topological polar surface area (TPSA) is 48.8 Å². The molecule has 0 radical (unpaired) electrons. The molecular weight excluding hydrogens is 625 g/mol. The lowest BCUT2D eigenvalue weighted by Crippen LogP contribution is -1.95. The first-order chi connectivity index (χ1) is 25.3. The van der Waals surface area contributed by atoms with Crippen molar-refractivity contribution in [2.24, 2.45) is 0 Å². The average Bonchev–Trinajstić information content (AvgIpc) is 3.84. The van der Waals surface area contributed by atoms with Gasteiger partial charge in [-0.2, -0.15) is 0 Å². The van der Waals surface area contributed by atoms with E-state index in [1.807, 2.05) is 36.4 Å². The van der Waals surface area contributed by atoms with Gasteiger partial charge in [0.25, 0.3) is 0 Å². The molecule has 5 nitrogen and oxygen atoms in total. The Hall–Kier alpha value is -6.98. The smallest absolute Gasteiger partial charge is 0.180 e. The van der Waals surface area contributed by atoms with E-state index in [9.17, 15) is 0 Å². The number of fused-ring (bicyclic) bond motifs is 9. The fraction of sp³-hybridized carbons (Fsp3) is 0. The highest BCUT2D eigenvalue weighted by molar-refractivity contribution is 6.18. The molecule has 0 aliphatic rings. The van der Waals surface area contributed by atoms with Gasteiger partial charge in [0.05, 0.1) is 22.1 Å². The zero-order valence-electron chi connectivity index (χ0n) is 27.4. The van der Waals surface area contributed by atoms with Crippen LogP contribution in [0.25, 0.3) is 99.7 Å². The number of nitrogens with zero attached hydrogens (tertiary/aromatic N) is 4. The lowest BCUT2D eigenvalue weighted by Gasteiger charge is -2.10. The van der Waals surface area contributed by atoms with Crippen molar-refractivity contribution in [3.8, 4) is 34.0 Å². The molecule has 7 aromatic carbocycles. The Morgan fingerprint density at radius 3 is 1.67 bits per heavy atom. The molecule has 0 spiro atoms. The molecule has 0 bridgehead atoms. The number of benzene rings is 7. The highest BCUT2D eigenvalue weighted by atomic mass is 16.3. The van der Waals surface area contributed by atoms with Crippen molar-refractivity contribution in [3.63, 3.8) is 0 Å². The molecule has 0 saturated carbocycles. The maximum absolute atomic E-state index is 6.71. The molecule has 0 fully saturated rings. The molecular formula is C46H28N4O. The fourth-order valence-corrected chi connectivity index (χ4v) is 7.85. The molecule has 0 N–H and O–H groups in total. The van der Waals surface area contributed by atoms with Crippen LogP contribution >= 0.6 is 0 Å². The second kappa shape index (κ2) is 10.8. The Balaban J connectivity index is 1.21. The third-order valence-electron chi connectivity index (χ3n) is 10.1. The first-order valence-corrected chi connectivity index (χ1v) is 17.2. The van der Waals surface area contributed by atoms with E-state index in [2.05, 4.69) is 143 Å². The summed E-state index contributed by atoms with van der Waals surface area (Å²) in [6.45, 7) is 0. The number of aromatic nitrogens is 4. The van der Waals surface area contributed by atoms with Gasteiger partial charge in [-0.25, -0.2) is 9.97 Å². The SMILES string of the molecule is c1ccc(-c2nc(-c3ccccc3)c3oc4cc5c6ccccc6n(-c6ccc7c(c6)c6ccccc6n7-c6ccccc6)c5cc4c3n2)cc1. The van der Waals surface area contributed by atoms with Crippen LogP contribution in [0.5, 0.6) is 0 Å². The maximum Gasteiger partial charge on any atom is 0.180 e.